The molecule has 1 aromatic heterocycles. The van der Waals surface area contributed by atoms with Gasteiger partial charge in [-0.1, -0.05) is 128 Å². The lowest BCUT2D eigenvalue weighted by molar-refractivity contribution is 0.287. The van der Waals surface area contributed by atoms with Crippen LogP contribution in [0.5, 0.6) is 0 Å². The molecule has 0 aliphatic carbocycles. The third-order valence-corrected chi connectivity index (χ3v) is 8.78. The van der Waals surface area contributed by atoms with Gasteiger partial charge in [0.15, 0.2) is 0 Å². The van der Waals surface area contributed by atoms with Crippen molar-refractivity contribution in [1.82, 2.24) is 10.2 Å². The minimum Gasteiger partial charge on any atom is -0.268 e. The first-order valence-electron chi connectivity index (χ1n) is 13.6. The summed E-state index contributed by atoms with van der Waals surface area (Å²) in [6, 6.07) is 3.35. The van der Waals surface area contributed by atoms with E-state index in [1.165, 1.54) is 63.9 Å². The molecule has 4 atom stereocenters. The molecule has 0 saturated heterocycles. The minimum atomic E-state index is -1.06. The van der Waals surface area contributed by atoms with Gasteiger partial charge in [-0.2, -0.15) is 5.10 Å². The van der Waals surface area contributed by atoms with Crippen molar-refractivity contribution in [2.24, 2.45) is 11.8 Å². The first-order valence-corrected chi connectivity index (χ1v) is 14.8. The van der Waals surface area contributed by atoms with Crippen LogP contribution in [0.25, 0.3) is 0 Å². The Bertz CT molecular complexity index is 703. The highest BCUT2D eigenvalue weighted by atomic mass is 35.5. The number of nitrogens with one attached hydrogen (secondary N) is 1. The fourth-order valence-electron chi connectivity index (χ4n) is 5.22. The highest BCUT2D eigenvalue weighted by Gasteiger charge is 2.43. The molecular formula is C28H49Cl3N2O. The molecule has 0 aliphatic heterocycles. The fraction of sp³-hybridized carbons (Fsp3) is 0.857. The highest BCUT2D eigenvalue weighted by molar-refractivity contribution is 6.52. The van der Waals surface area contributed by atoms with Gasteiger partial charge in [-0.25, -0.2) is 5.10 Å². The summed E-state index contributed by atoms with van der Waals surface area (Å²) in [5, 5.41) is 6.66. The SMILES string of the molecule is CCCCCCCCC(Cl)C(Cl)(Cl)CC(C)(CC(C)CCCC(C)CCC)c1ccc(=O)[nH]n1. The van der Waals surface area contributed by atoms with Gasteiger partial charge in [-0.15, -0.1) is 11.6 Å². The second kappa shape index (κ2) is 16.5. The predicted molar refractivity (Wildman–Crippen MR) is 151 cm³/mol. The van der Waals surface area contributed by atoms with Crippen LogP contribution >= 0.6 is 34.8 Å². The van der Waals surface area contributed by atoms with Crippen LogP contribution in [0.15, 0.2) is 16.9 Å². The van der Waals surface area contributed by atoms with Crippen LogP contribution in [-0.4, -0.2) is 19.9 Å². The van der Waals surface area contributed by atoms with Gasteiger partial charge >= 0.3 is 0 Å². The molecule has 198 valence electrons. The summed E-state index contributed by atoms with van der Waals surface area (Å²) in [4.78, 5) is 11.6. The van der Waals surface area contributed by atoms with Crippen molar-refractivity contribution in [2.45, 2.75) is 140 Å². The second-order valence-electron chi connectivity index (χ2n) is 11.0. The molecule has 0 radical (unpaired) electrons. The lowest BCUT2D eigenvalue weighted by Crippen LogP contribution is -2.38. The first kappa shape index (κ1) is 31.8. The maximum Gasteiger partial charge on any atom is 0.264 e. The van der Waals surface area contributed by atoms with Crippen LogP contribution in [0.1, 0.15) is 130 Å². The number of hydrogen-bond donors (Lipinski definition) is 1. The summed E-state index contributed by atoms with van der Waals surface area (Å²) in [6.07, 6.45) is 15.7. The molecule has 34 heavy (non-hydrogen) atoms. The third kappa shape index (κ3) is 12.1. The number of rotatable bonds is 19. The Morgan fingerprint density at radius 2 is 1.53 bits per heavy atom. The van der Waals surface area contributed by atoms with E-state index in [9.17, 15) is 4.79 Å². The number of alkyl halides is 3. The molecule has 1 heterocycles. The molecule has 0 amide bonds. The fourth-order valence-corrected chi connectivity index (χ4v) is 6.26. The molecule has 6 heteroatoms. The van der Waals surface area contributed by atoms with Gasteiger partial charge in [-0.3, -0.25) is 4.79 Å². The molecule has 0 saturated carbocycles. The predicted octanol–water partition coefficient (Wildman–Crippen LogP) is 9.58. The molecule has 1 aromatic rings. The van der Waals surface area contributed by atoms with Crippen LogP contribution in [0, 0.1) is 11.8 Å². The van der Waals surface area contributed by atoms with Gasteiger partial charge in [0.2, 0.25) is 0 Å². The number of nitrogens with zero attached hydrogens (tertiary/aromatic N) is 1. The molecule has 0 aliphatic rings. The van der Waals surface area contributed by atoms with Gasteiger partial charge in [0.05, 0.1) is 11.1 Å². The van der Waals surface area contributed by atoms with Gasteiger partial charge < -0.3 is 0 Å². The zero-order chi connectivity index (χ0) is 25.6. The standard InChI is InChI=1S/C28H49Cl3N2O/c1-6-8-9-10-11-12-17-24(29)28(30,31)21-27(5,25-18-19-26(34)33-32-25)20-23(4)16-13-15-22(3)14-7-2/h18-19,22-24H,6-17,20-21H2,1-5H3,(H,33,34). The number of unbranched alkanes of at least 4 members (excludes halogenated alkanes) is 5. The van der Waals surface area contributed by atoms with Crippen molar-refractivity contribution in [3.05, 3.63) is 28.2 Å². The van der Waals surface area contributed by atoms with Crippen molar-refractivity contribution in [1.29, 1.82) is 0 Å². The Kier molecular flexibility index (Phi) is 15.4. The average molecular weight is 536 g/mol. The van der Waals surface area contributed by atoms with Crippen LogP contribution in [0.4, 0.5) is 0 Å². The number of hydrogen-bond acceptors (Lipinski definition) is 2. The molecular weight excluding hydrogens is 487 g/mol. The maximum absolute atomic E-state index is 11.6. The second-order valence-corrected chi connectivity index (χ2v) is 13.0. The summed E-state index contributed by atoms with van der Waals surface area (Å²) in [5.41, 5.74) is 0.244. The Morgan fingerprint density at radius 1 is 0.882 bits per heavy atom. The summed E-state index contributed by atoms with van der Waals surface area (Å²) in [6.45, 7) is 11.3. The van der Waals surface area contributed by atoms with Gasteiger partial charge in [0, 0.05) is 11.5 Å². The molecule has 0 bridgehead atoms. The van der Waals surface area contributed by atoms with Crippen molar-refractivity contribution in [2.75, 3.05) is 0 Å². The average Bonchev–Trinajstić information content (AvgIpc) is 2.76. The lowest BCUT2D eigenvalue weighted by atomic mass is 9.73. The van der Waals surface area contributed by atoms with E-state index < -0.39 is 4.33 Å². The Labute approximate surface area is 224 Å². The Hall–Kier alpha value is -0.250. The molecule has 1 N–H and O–H groups in total. The summed E-state index contributed by atoms with van der Waals surface area (Å²) < 4.78 is -1.06. The van der Waals surface area contributed by atoms with E-state index in [4.69, 9.17) is 34.8 Å². The monoisotopic (exact) mass is 534 g/mol. The largest absolute Gasteiger partial charge is 0.268 e. The molecule has 0 aromatic carbocycles. The van der Waals surface area contributed by atoms with Crippen molar-refractivity contribution < 1.29 is 0 Å². The molecule has 0 fully saturated rings. The molecule has 0 spiro atoms. The normalized spacial score (nSPS) is 16.7. The molecule has 4 unspecified atom stereocenters. The number of aromatic amines is 1. The van der Waals surface area contributed by atoms with E-state index in [2.05, 4.69) is 44.8 Å². The van der Waals surface area contributed by atoms with E-state index in [0.717, 1.165) is 37.3 Å². The summed E-state index contributed by atoms with van der Waals surface area (Å²) in [5.74, 6) is 1.27. The quantitative estimate of drug-likeness (QED) is 0.141. The number of aromatic nitrogens is 2. The van der Waals surface area contributed by atoms with Crippen LogP contribution in [-0.2, 0) is 5.41 Å². The topological polar surface area (TPSA) is 45.8 Å². The highest BCUT2D eigenvalue weighted by Crippen LogP contribution is 2.46. The number of H-pyrrole nitrogens is 1. The zero-order valence-electron chi connectivity index (χ0n) is 22.3. The van der Waals surface area contributed by atoms with Crippen molar-refractivity contribution in [3.63, 3.8) is 0 Å². The van der Waals surface area contributed by atoms with Gasteiger partial charge in [0.25, 0.3) is 5.56 Å². The van der Waals surface area contributed by atoms with Crippen molar-refractivity contribution in [3.8, 4) is 0 Å². The van der Waals surface area contributed by atoms with Crippen molar-refractivity contribution >= 4 is 34.8 Å². The van der Waals surface area contributed by atoms with E-state index >= 15 is 0 Å². The summed E-state index contributed by atoms with van der Waals surface area (Å²) >= 11 is 20.6. The lowest BCUT2D eigenvalue weighted by Gasteiger charge is -2.38. The summed E-state index contributed by atoms with van der Waals surface area (Å²) in [7, 11) is 0. The van der Waals surface area contributed by atoms with Gasteiger partial charge in [-0.05, 0) is 37.2 Å². The van der Waals surface area contributed by atoms with E-state index in [1.807, 2.05) is 6.07 Å². The smallest absolute Gasteiger partial charge is 0.264 e. The number of halogens is 3. The zero-order valence-corrected chi connectivity index (χ0v) is 24.5. The molecule has 1 rings (SSSR count). The first-order chi connectivity index (χ1) is 16.0. The van der Waals surface area contributed by atoms with Crippen LogP contribution < -0.4 is 5.56 Å². The van der Waals surface area contributed by atoms with E-state index in [-0.39, 0.29) is 16.4 Å². The third-order valence-electron chi connectivity index (χ3n) is 7.17. The van der Waals surface area contributed by atoms with E-state index in [0.29, 0.717) is 12.3 Å². The van der Waals surface area contributed by atoms with E-state index in [1.54, 1.807) is 0 Å². The van der Waals surface area contributed by atoms with Crippen LogP contribution in [0.2, 0.25) is 0 Å². The minimum absolute atomic E-state index is 0.203. The molecule has 3 nitrogen and oxygen atoms in total. The van der Waals surface area contributed by atoms with Crippen LogP contribution in [0.3, 0.4) is 0 Å². The Balaban J connectivity index is 2.82. The van der Waals surface area contributed by atoms with Gasteiger partial charge in [0.1, 0.15) is 4.33 Å². The Morgan fingerprint density at radius 3 is 2.15 bits per heavy atom. The maximum atomic E-state index is 11.6.